The van der Waals surface area contributed by atoms with Crippen LogP contribution in [0.3, 0.4) is 0 Å². The van der Waals surface area contributed by atoms with Crippen LogP contribution >= 0.6 is 7.60 Å². The van der Waals surface area contributed by atoms with E-state index in [9.17, 15) is 19.4 Å². The van der Waals surface area contributed by atoms with Crippen LogP contribution < -0.4 is 4.89 Å². The van der Waals surface area contributed by atoms with Gasteiger partial charge in [0.15, 0.2) is 13.9 Å². The minimum atomic E-state index is -4.36. The van der Waals surface area contributed by atoms with E-state index < -0.39 is 38.3 Å². The summed E-state index contributed by atoms with van der Waals surface area (Å²) in [5.41, 5.74) is 0. The molecule has 0 rings (SSSR count). The first-order valence-corrected chi connectivity index (χ1v) is 18.3. The van der Waals surface area contributed by atoms with Gasteiger partial charge in [0.1, 0.15) is 18.5 Å². The van der Waals surface area contributed by atoms with Gasteiger partial charge >= 0.3 is 5.97 Å². The summed E-state index contributed by atoms with van der Waals surface area (Å²) < 4.78 is 22.5. The van der Waals surface area contributed by atoms with E-state index in [2.05, 4.69) is 31.2 Å². The highest BCUT2D eigenvalue weighted by atomic mass is 31.2. The molecule has 0 aliphatic rings. The van der Waals surface area contributed by atoms with E-state index in [1.54, 1.807) is 14.1 Å². The van der Waals surface area contributed by atoms with Gasteiger partial charge in [-0.2, -0.15) is 0 Å². The summed E-state index contributed by atoms with van der Waals surface area (Å²) in [5.74, 6) is -1.38. The van der Waals surface area contributed by atoms with Gasteiger partial charge in [-0.3, -0.25) is 4.79 Å². The van der Waals surface area contributed by atoms with Crippen molar-refractivity contribution in [1.82, 2.24) is 0 Å². The van der Waals surface area contributed by atoms with Gasteiger partial charge in [-0.05, 0) is 64.7 Å². The molecule has 0 saturated heterocycles. The van der Waals surface area contributed by atoms with Crippen molar-refractivity contribution in [3.63, 3.8) is 0 Å². The molecule has 0 spiro atoms. The van der Waals surface area contributed by atoms with Gasteiger partial charge in [-0.1, -0.05) is 76.2 Å². The monoisotopic (exact) mass is 633 g/mol. The van der Waals surface area contributed by atoms with Crippen molar-refractivity contribution in [1.29, 1.82) is 0 Å². The van der Waals surface area contributed by atoms with E-state index in [0.29, 0.717) is 0 Å². The molecule has 2 unspecified atom stereocenters. The normalized spacial score (nSPS) is 15.4. The Bertz CT molecular complexity index is 787. The third kappa shape index (κ3) is 24.9. The van der Waals surface area contributed by atoms with E-state index >= 15 is 0 Å². The van der Waals surface area contributed by atoms with Crippen LogP contribution in [-0.2, 0) is 18.6 Å². The summed E-state index contributed by atoms with van der Waals surface area (Å²) in [5, 5.41) is 28.1. The summed E-state index contributed by atoms with van der Waals surface area (Å²) in [6.45, 7) is 3.10. The molecule has 0 radical (unpaired) electrons. The first-order chi connectivity index (χ1) is 20.4. The maximum absolute atomic E-state index is 12.5. The lowest BCUT2D eigenvalue weighted by atomic mass is 10.1. The first-order valence-electron chi connectivity index (χ1n) is 16.7. The number of ether oxygens (including phenoxy) is 1. The maximum atomic E-state index is 12.5. The van der Waals surface area contributed by atoms with E-state index in [4.69, 9.17) is 19.5 Å². The van der Waals surface area contributed by atoms with Crippen LogP contribution in [0.4, 0.5) is 0 Å². The molecule has 43 heavy (non-hydrogen) atoms. The van der Waals surface area contributed by atoms with Crippen LogP contribution in [0.5, 0.6) is 0 Å². The van der Waals surface area contributed by atoms with Crippen LogP contribution in [0.15, 0.2) is 24.3 Å². The molecule has 0 saturated carbocycles. The maximum Gasteiger partial charge on any atom is 0.305 e. The SMILES string of the molecule is CCCCCC/C=C\CCCC/C=C\CCCCCCCCC(=O)OC[C@@H](O)COP(=O)([O-])C(C)[N+](C)(C)CCC(O)O. The Morgan fingerprint density at radius 3 is 1.77 bits per heavy atom. The summed E-state index contributed by atoms with van der Waals surface area (Å²) in [6.07, 6.45) is 25.7. The van der Waals surface area contributed by atoms with Gasteiger partial charge in [-0.15, -0.1) is 0 Å². The number of rotatable bonds is 29. The minimum Gasteiger partial charge on any atom is -0.774 e. The number of nitrogens with zero attached hydrogens (tertiary/aromatic N) is 1. The quantitative estimate of drug-likeness (QED) is 0.0217. The van der Waals surface area contributed by atoms with Crippen molar-refractivity contribution in [2.24, 2.45) is 0 Å². The lowest BCUT2D eigenvalue weighted by Gasteiger charge is -2.42. The molecule has 0 amide bonds. The van der Waals surface area contributed by atoms with Gasteiger partial charge in [0.05, 0.1) is 27.2 Å². The number of hydrogen-bond donors (Lipinski definition) is 3. The van der Waals surface area contributed by atoms with E-state index in [-0.39, 0.29) is 30.5 Å². The fourth-order valence-electron chi connectivity index (χ4n) is 4.55. The van der Waals surface area contributed by atoms with Gasteiger partial charge in [0.2, 0.25) is 0 Å². The van der Waals surface area contributed by atoms with Crippen LogP contribution in [-0.4, -0.2) is 77.8 Å². The lowest BCUT2D eigenvalue weighted by Crippen LogP contribution is -2.50. The van der Waals surface area contributed by atoms with Crippen molar-refractivity contribution in [3.05, 3.63) is 24.3 Å². The number of quaternary nitrogens is 1. The van der Waals surface area contributed by atoms with Crippen LogP contribution in [0.25, 0.3) is 0 Å². The van der Waals surface area contributed by atoms with Gasteiger partial charge in [0.25, 0.3) is 0 Å². The van der Waals surface area contributed by atoms with Crippen LogP contribution in [0.2, 0.25) is 0 Å². The zero-order valence-electron chi connectivity index (χ0n) is 27.7. The van der Waals surface area contributed by atoms with Crippen molar-refractivity contribution >= 4 is 13.6 Å². The van der Waals surface area contributed by atoms with E-state index in [1.165, 1.54) is 77.6 Å². The number of aliphatic hydroxyl groups is 3. The number of carbonyl (C=O) groups is 1. The highest BCUT2D eigenvalue weighted by Crippen LogP contribution is 2.46. The summed E-state index contributed by atoms with van der Waals surface area (Å²) >= 11 is 0. The summed E-state index contributed by atoms with van der Waals surface area (Å²) in [7, 11) is -1.07. The number of carbonyl (C=O) groups excluding carboxylic acids is 1. The molecule has 0 aromatic rings. The second-order valence-corrected chi connectivity index (χ2v) is 14.4. The molecule has 0 aromatic heterocycles. The third-order valence-electron chi connectivity index (χ3n) is 7.87. The van der Waals surface area contributed by atoms with Crippen molar-refractivity contribution in [2.75, 3.05) is 33.9 Å². The summed E-state index contributed by atoms with van der Waals surface area (Å²) in [6, 6.07) is 0. The third-order valence-corrected chi connectivity index (χ3v) is 9.92. The Hall–Kier alpha value is -1.06. The highest BCUT2D eigenvalue weighted by molar-refractivity contribution is 7.51. The molecule has 0 aromatic carbocycles. The first kappa shape index (κ1) is 41.9. The fourth-order valence-corrected chi connectivity index (χ4v) is 6.03. The molecule has 10 heteroatoms. The van der Waals surface area contributed by atoms with Crippen LogP contribution in [0.1, 0.15) is 129 Å². The largest absolute Gasteiger partial charge is 0.774 e. The predicted molar refractivity (Wildman–Crippen MR) is 172 cm³/mol. The number of aliphatic hydroxyl groups excluding tert-OH is 2. The zero-order valence-corrected chi connectivity index (χ0v) is 28.6. The average molecular weight is 634 g/mol. The Morgan fingerprint density at radius 1 is 0.791 bits per heavy atom. The molecule has 0 aliphatic heterocycles. The lowest BCUT2D eigenvalue weighted by molar-refractivity contribution is -0.902. The predicted octanol–water partition coefficient (Wildman–Crippen LogP) is 6.35. The fraction of sp³-hybridized carbons (Fsp3) is 0.848. The van der Waals surface area contributed by atoms with E-state index in [0.717, 1.165) is 32.1 Å². The van der Waals surface area contributed by atoms with Crippen molar-refractivity contribution in [3.8, 4) is 0 Å². The Morgan fingerprint density at radius 2 is 1.26 bits per heavy atom. The Balaban J connectivity index is 3.74. The van der Waals surface area contributed by atoms with Gasteiger partial charge in [-0.25, -0.2) is 0 Å². The molecule has 0 bridgehead atoms. The molecule has 3 N–H and O–H groups in total. The molecule has 0 aliphatic carbocycles. The zero-order chi connectivity index (χ0) is 32.4. The van der Waals surface area contributed by atoms with Crippen LogP contribution in [0, 0.1) is 0 Å². The average Bonchev–Trinajstić information content (AvgIpc) is 2.96. The van der Waals surface area contributed by atoms with Gasteiger partial charge in [0, 0.05) is 12.8 Å². The molecule has 254 valence electrons. The summed E-state index contributed by atoms with van der Waals surface area (Å²) in [4.78, 5) is 24.5. The Labute approximate surface area is 262 Å². The standard InChI is InChI=1S/C33H64NO8P/c1-5-6-7-8-9-10-11-12-13-14-15-16-17-18-19-20-21-22-23-24-25-33(38)41-28-31(35)29-42-43(39,40)30(2)34(3,4)27-26-32(36)37/h10-11,16-17,30-32,35-37H,5-9,12-15,18-29H2,1-4H3/b11-10-,17-16-/t30?,31-/m1/s1. The smallest absolute Gasteiger partial charge is 0.305 e. The minimum absolute atomic E-state index is 0.0195. The molecular weight excluding hydrogens is 569 g/mol. The second kappa shape index (κ2) is 26.2. The second-order valence-electron chi connectivity index (χ2n) is 12.3. The number of allylic oxidation sites excluding steroid dienone is 4. The van der Waals surface area contributed by atoms with Gasteiger partial charge < -0.3 is 38.5 Å². The number of unbranched alkanes of at least 4 members (excludes halogenated alkanes) is 13. The van der Waals surface area contributed by atoms with Crippen molar-refractivity contribution in [2.45, 2.75) is 148 Å². The molecule has 0 fully saturated rings. The molecule has 3 atom stereocenters. The Kier molecular flexibility index (Phi) is 25.5. The molecule has 0 heterocycles. The topological polar surface area (TPSA) is 136 Å². The molecule has 9 nitrogen and oxygen atoms in total. The highest BCUT2D eigenvalue weighted by Gasteiger charge is 2.34. The van der Waals surface area contributed by atoms with Crippen molar-refractivity contribution < 1.29 is 43.3 Å². The number of hydrogen-bond acceptors (Lipinski definition) is 8. The molecular formula is C33H64NO8P. The number of esters is 1. The van der Waals surface area contributed by atoms with E-state index in [1.807, 2.05) is 0 Å².